The van der Waals surface area contributed by atoms with Gasteiger partial charge in [-0.3, -0.25) is 4.98 Å². The van der Waals surface area contributed by atoms with Gasteiger partial charge >= 0.3 is 112 Å². The second-order valence-electron chi connectivity index (χ2n) is 39.1. The number of thiophene rings is 4. The highest BCUT2D eigenvalue weighted by molar-refractivity contribution is 7.27. The third kappa shape index (κ3) is 15.0. The van der Waals surface area contributed by atoms with E-state index in [0.717, 1.165) is 4.83 Å². The summed E-state index contributed by atoms with van der Waals surface area (Å²) in [5, 5.41) is 10.4. The van der Waals surface area contributed by atoms with Crippen LogP contribution in [0.3, 0.4) is 0 Å². The smallest absolute Gasteiger partial charge is 0.381 e. The zero-order valence-corrected chi connectivity index (χ0v) is 83.8. The third-order valence-electron chi connectivity index (χ3n) is 31.3. The average molecular weight is 1960 g/mol. The van der Waals surface area contributed by atoms with Crippen molar-refractivity contribution in [3.8, 4) is 0 Å². The second-order valence-corrected chi connectivity index (χ2v) is 43.3. The van der Waals surface area contributed by atoms with Crippen LogP contribution in [0.25, 0.3) is 103 Å². The Morgan fingerprint density at radius 3 is 0.682 bits per heavy atom. The molecule has 0 unspecified atom stereocenters. The van der Waals surface area contributed by atoms with E-state index in [1.54, 1.807) is 11.3 Å². The summed E-state index contributed by atoms with van der Waals surface area (Å²) in [7, 11) is 0. The van der Waals surface area contributed by atoms with Gasteiger partial charge in [0, 0.05) is 94.6 Å². The molecule has 12 aromatic rings. The Hall–Kier alpha value is -16.0. The second kappa shape index (κ2) is 37.2. The molecule has 0 amide bonds. The van der Waals surface area contributed by atoms with Crippen molar-refractivity contribution in [1.82, 2.24) is 85.5 Å². The maximum absolute atomic E-state index is 4.64. The molecule has 148 heavy (non-hydrogen) atoms. The zero-order chi connectivity index (χ0) is 97.4. The van der Waals surface area contributed by atoms with Crippen molar-refractivity contribution < 1.29 is 0 Å². The minimum atomic E-state index is 0.0397. The molecule has 0 aliphatic carbocycles. The van der Waals surface area contributed by atoms with E-state index in [2.05, 4.69) is 584 Å². The number of nitrogens with zero attached hydrogens (tertiary/aromatic N) is 18. The molecule has 4 saturated heterocycles. The fourth-order valence-corrected chi connectivity index (χ4v) is 29.4. The predicted molar refractivity (Wildman–Crippen MR) is 642 cm³/mol. The van der Waals surface area contributed by atoms with Gasteiger partial charge in [0.25, 0.3) is 0 Å². The molecule has 32 rings (SSSR count). The summed E-state index contributed by atoms with van der Waals surface area (Å²) in [6, 6.07) is 50.6. The molecule has 4 fully saturated rings. The standard InChI is InChI=1S/2C28H22B4N4S.2C27H21B4N5S/c2*1-2-13-27-25(10-1)26-12-9-11-24(28(26)37-27)23-14-21-36-31-17-4-7-19-34(31)29-15-3-6-18-33(29)30-16-5-8-20-35(30)32(36)22-23;1-4-17-33-28(13-1)34-18-5-2-15-30(34)36-20-12-22(21-31(36)35-19-6-3-14-29(33)35)23-9-7-10-24-25-11-8-16-32-27(25)37-26(23)24;1-4-16-33-28(12-1)34-17-5-2-14-30(34)36-19-11-22(20-31(36)35-18-6-3-13-29(33)35)23-8-7-9-24-25-21-32-15-10-26(25)37-27(23)24/h2*1-22H;2*1-21H. The molecule has 6 aromatic heterocycles. The van der Waals surface area contributed by atoms with Crippen LogP contribution in [0, 0.1) is 0 Å². The van der Waals surface area contributed by atoms with E-state index in [-0.39, 0.29) is 112 Å². The number of hydrogen-bond donors (Lipinski definition) is 0. The third-order valence-corrected chi connectivity index (χ3v) is 36.1. The summed E-state index contributed by atoms with van der Waals surface area (Å²) in [5.41, 5.74) is 10.2. The molecule has 0 saturated carbocycles. The van der Waals surface area contributed by atoms with Gasteiger partial charge < -0.3 is 75.6 Å². The Balaban J connectivity index is 0.0000000930. The van der Waals surface area contributed by atoms with Gasteiger partial charge in [-0.25, -0.2) is 4.98 Å². The van der Waals surface area contributed by atoms with Crippen LogP contribution >= 0.6 is 45.3 Å². The van der Waals surface area contributed by atoms with Gasteiger partial charge in [-0.05, 0) is 271 Å². The van der Waals surface area contributed by atoms with Crippen molar-refractivity contribution in [1.29, 1.82) is 0 Å². The molecule has 38 heteroatoms. The van der Waals surface area contributed by atoms with Gasteiger partial charge in [-0.15, -0.1) is 45.3 Å². The summed E-state index contributed by atoms with van der Waals surface area (Å²) < 4.78 is 48.7. The van der Waals surface area contributed by atoms with E-state index in [1.807, 2.05) is 58.7 Å². The predicted octanol–water partition coefficient (Wildman–Crippen LogP) is 21.0. The van der Waals surface area contributed by atoms with Crippen molar-refractivity contribution in [2.75, 3.05) is 0 Å². The summed E-state index contributed by atoms with van der Waals surface area (Å²) >= 11 is 7.42. The van der Waals surface area contributed by atoms with Crippen LogP contribution in [0.1, 0.15) is 22.3 Å². The van der Waals surface area contributed by atoms with E-state index in [0.29, 0.717) is 0 Å². The van der Waals surface area contributed by atoms with Gasteiger partial charge in [0.05, 0.1) is 0 Å². The molecule has 0 atom stereocenters. The Bertz CT molecular complexity index is 7530. The Kier molecular flexibility index (Phi) is 22.2. The first-order valence-corrected chi connectivity index (χ1v) is 54.3. The van der Waals surface area contributed by atoms with E-state index >= 15 is 0 Å². The lowest BCUT2D eigenvalue weighted by Crippen LogP contribution is -2.73. The number of benzene rings is 6. The molecule has 0 N–H and O–H groups in total. The highest BCUT2D eigenvalue weighted by atomic mass is 32.1. The Labute approximate surface area is 883 Å². The maximum atomic E-state index is 4.64. The van der Waals surface area contributed by atoms with Crippen molar-refractivity contribution in [2.45, 2.75) is 0 Å². The molecular weight excluding hydrogens is 1870 g/mol. The van der Waals surface area contributed by atoms with Crippen LogP contribution in [-0.2, 0) is 0 Å². The molecule has 20 aliphatic rings. The van der Waals surface area contributed by atoms with Crippen LogP contribution in [-0.4, -0.2) is 197 Å². The lowest BCUT2D eigenvalue weighted by molar-refractivity contribution is 0.622. The number of hydrogen-bond acceptors (Lipinski definition) is 22. The van der Waals surface area contributed by atoms with Crippen LogP contribution in [0.4, 0.5) is 0 Å². The van der Waals surface area contributed by atoms with E-state index < -0.39 is 0 Å². The molecule has 0 spiro atoms. The first-order valence-electron chi connectivity index (χ1n) is 51.0. The quantitative estimate of drug-likeness (QED) is 0.157. The van der Waals surface area contributed by atoms with Crippen LogP contribution in [0.15, 0.2) is 523 Å². The van der Waals surface area contributed by atoms with Crippen molar-refractivity contribution in [3.05, 3.63) is 545 Å². The van der Waals surface area contributed by atoms with Crippen molar-refractivity contribution in [3.63, 3.8) is 0 Å². The molecule has 688 valence electrons. The SMILES string of the molecule is C1=CB2N(C=C1)B1C=CC=CN1B1C=C(c3cccc4c3sc3ccccc34)C=CN1B1C=CC=CN21.C1=CB2N(C=C1)B1C=CC=CN1B1C=C(c3cccc4c3sc3ccccc34)C=CN1B1C=CC=CN21.C1=CB2N(C=C1)B1C=CC=CN1B1C=C(c3cccc4c3sc3ccncc34)C=CN1B1C=CC=CN21.C1=CB2N(C=C1)B1C=CC=CN1B1C=C(c3cccc4c3sc3ncccc34)C=CN1B1C=CC=CN21. The number of pyridine rings is 2. The molecule has 0 bridgehead atoms. The van der Waals surface area contributed by atoms with Crippen LogP contribution < -0.4 is 0 Å². The molecule has 20 aliphatic heterocycles. The summed E-state index contributed by atoms with van der Waals surface area (Å²) in [4.78, 5) is 10.1. The summed E-state index contributed by atoms with van der Waals surface area (Å²) in [6.07, 6.45) is 103. The number of allylic oxidation sites excluding steroid dienone is 32. The number of fused-ring (bicyclic) bond motifs is 44. The topological polar surface area (TPSA) is 77.6 Å². The van der Waals surface area contributed by atoms with Gasteiger partial charge in [0.2, 0.25) is 0 Å². The van der Waals surface area contributed by atoms with Crippen LogP contribution in [0.5, 0.6) is 0 Å². The van der Waals surface area contributed by atoms with E-state index in [1.165, 1.54) is 121 Å². The minimum Gasteiger partial charge on any atom is -0.423 e. The van der Waals surface area contributed by atoms with Crippen molar-refractivity contribution in [2.24, 2.45) is 0 Å². The number of rotatable bonds is 4. The highest BCUT2D eigenvalue weighted by Gasteiger charge is 2.56. The normalized spacial score (nSPS) is 19.4. The Morgan fingerprint density at radius 2 is 0.399 bits per heavy atom. The maximum Gasteiger partial charge on any atom is 0.381 e. The van der Waals surface area contributed by atoms with E-state index in [4.69, 9.17) is 0 Å². The van der Waals surface area contributed by atoms with Gasteiger partial charge in [0.1, 0.15) is 4.83 Å². The molecule has 26 heterocycles. The highest BCUT2D eigenvalue weighted by Crippen LogP contribution is 2.48. The van der Waals surface area contributed by atoms with Gasteiger partial charge in [-0.2, -0.15) is 0 Å². The largest absolute Gasteiger partial charge is 0.423 e. The van der Waals surface area contributed by atoms with Crippen LogP contribution in [0.2, 0.25) is 0 Å². The molecule has 18 nitrogen and oxygen atoms in total. The monoisotopic (exact) mass is 1960 g/mol. The average Bonchev–Trinajstić information content (AvgIpc) is 0.820. The number of aromatic nitrogens is 2. The Morgan fingerprint density at radius 1 is 0.176 bits per heavy atom. The van der Waals surface area contributed by atoms with Crippen molar-refractivity contribution >= 4 is 260 Å². The first-order chi connectivity index (χ1) is 73.5. The fraction of sp³-hybridized carbons (Fsp3) is 0. The minimum absolute atomic E-state index is 0.0397. The summed E-state index contributed by atoms with van der Waals surface area (Å²) in [5.74, 6) is 37.3. The molecular formula is C110H86B16N18S4. The lowest BCUT2D eigenvalue weighted by atomic mass is 9.41. The molecule has 6 aromatic carbocycles. The first kappa shape index (κ1) is 88.5. The van der Waals surface area contributed by atoms with Gasteiger partial charge in [0.15, 0.2) is 0 Å². The fourth-order valence-electron chi connectivity index (χ4n) is 24.5. The van der Waals surface area contributed by atoms with E-state index in [9.17, 15) is 0 Å². The lowest BCUT2D eigenvalue weighted by Gasteiger charge is -2.53. The zero-order valence-electron chi connectivity index (χ0n) is 80.6. The van der Waals surface area contributed by atoms with Gasteiger partial charge in [-0.1, -0.05) is 278 Å². The molecule has 0 radical (unpaired) electrons. The summed E-state index contributed by atoms with van der Waals surface area (Å²) in [6.45, 7) is 1.51.